The third kappa shape index (κ3) is 4.37. The molecule has 0 fully saturated rings. The maximum Gasteiger partial charge on any atom is 0.233 e. The van der Waals surface area contributed by atoms with E-state index in [1.54, 1.807) is 11.8 Å². The van der Waals surface area contributed by atoms with Crippen molar-refractivity contribution in [2.75, 3.05) is 12.3 Å². The van der Waals surface area contributed by atoms with Crippen LogP contribution in [0.3, 0.4) is 0 Å². The van der Waals surface area contributed by atoms with Gasteiger partial charge in [0.25, 0.3) is 0 Å². The maximum absolute atomic E-state index is 12.2. The van der Waals surface area contributed by atoms with Gasteiger partial charge in [-0.15, -0.1) is 11.8 Å². The van der Waals surface area contributed by atoms with E-state index >= 15 is 0 Å². The number of carbonyl (C=O) groups is 1. The summed E-state index contributed by atoms with van der Waals surface area (Å²) in [7, 11) is 0. The molecule has 0 unspecified atom stereocenters. The molecule has 0 atom stereocenters. The van der Waals surface area contributed by atoms with Crippen LogP contribution in [0.25, 0.3) is 0 Å². The molecule has 0 heterocycles. The molecule has 0 bridgehead atoms. The summed E-state index contributed by atoms with van der Waals surface area (Å²) in [4.78, 5) is 15.2. The van der Waals surface area contributed by atoms with Crippen LogP contribution in [-0.4, -0.2) is 28.6 Å². The summed E-state index contributed by atoms with van der Waals surface area (Å²) in [5, 5.41) is 0. The summed E-state index contributed by atoms with van der Waals surface area (Å²) >= 11 is 1.61. The van der Waals surface area contributed by atoms with Crippen molar-refractivity contribution in [3.05, 3.63) is 29.8 Å². The van der Waals surface area contributed by atoms with Crippen LogP contribution in [0.1, 0.15) is 33.3 Å². The monoisotopic (exact) mass is 265 g/mol. The van der Waals surface area contributed by atoms with Crippen molar-refractivity contribution in [3.63, 3.8) is 0 Å². The number of hydrogen-bond acceptors (Lipinski definition) is 2. The normalized spacial score (nSPS) is 11.4. The molecule has 0 aliphatic rings. The number of nitrogens with zero attached hydrogens (tertiary/aromatic N) is 1. The number of aryl methyl sites for hydroxylation is 1. The number of rotatable bonds is 4. The summed E-state index contributed by atoms with van der Waals surface area (Å²) in [5.41, 5.74) is 1.15. The van der Waals surface area contributed by atoms with Crippen molar-refractivity contribution in [2.45, 2.75) is 45.1 Å². The Balaban J connectivity index is 2.57. The average molecular weight is 265 g/mol. The highest BCUT2D eigenvalue weighted by Gasteiger charge is 2.24. The molecule has 100 valence electrons. The van der Waals surface area contributed by atoms with E-state index in [0.717, 1.165) is 11.4 Å². The molecule has 1 aromatic rings. The van der Waals surface area contributed by atoms with Crippen molar-refractivity contribution in [2.24, 2.45) is 0 Å². The molecule has 0 aromatic heterocycles. The fraction of sp³-hybridized carbons (Fsp3) is 0.533. The Morgan fingerprint density at radius 1 is 1.22 bits per heavy atom. The van der Waals surface area contributed by atoms with Crippen molar-refractivity contribution < 1.29 is 4.79 Å². The first-order valence-corrected chi connectivity index (χ1v) is 7.33. The number of carbonyl (C=O) groups excluding carboxylic acids is 1. The molecule has 0 saturated heterocycles. The Morgan fingerprint density at radius 2 is 1.78 bits per heavy atom. The molecular weight excluding hydrogens is 242 g/mol. The van der Waals surface area contributed by atoms with Crippen LogP contribution >= 0.6 is 11.8 Å². The number of hydrogen-bond donors (Lipinski definition) is 0. The van der Waals surface area contributed by atoms with Gasteiger partial charge in [0.15, 0.2) is 0 Å². The van der Waals surface area contributed by atoms with Gasteiger partial charge in [-0.25, -0.2) is 0 Å². The van der Waals surface area contributed by atoms with Crippen LogP contribution in [0.5, 0.6) is 0 Å². The zero-order chi connectivity index (χ0) is 13.8. The van der Waals surface area contributed by atoms with E-state index in [2.05, 4.69) is 52.0 Å². The van der Waals surface area contributed by atoms with E-state index in [9.17, 15) is 4.79 Å². The molecule has 0 saturated carbocycles. The lowest BCUT2D eigenvalue weighted by atomic mass is 10.1. The van der Waals surface area contributed by atoms with Gasteiger partial charge in [-0.05, 0) is 46.8 Å². The lowest BCUT2D eigenvalue weighted by Gasteiger charge is -2.34. The molecule has 0 aliphatic carbocycles. The lowest BCUT2D eigenvalue weighted by Crippen LogP contribution is -2.46. The van der Waals surface area contributed by atoms with E-state index in [0.29, 0.717) is 5.75 Å². The highest BCUT2D eigenvalue weighted by atomic mass is 32.2. The Labute approximate surface area is 115 Å². The minimum Gasteiger partial charge on any atom is -0.337 e. The molecule has 0 aliphatic heterocycles. The highest BCUT2D eigenvalue weighted by Crippen LogP contribution is 2.21. The van der Waals surface area contributed by atoms with Crippen molar-refractivity contribution in [1.29, 1.82) is 0 Å². The first-order valence-electron chi connectivity index (χ1n) is 6.34. The zero-order valence-electron chi connectivity index (χ0n) is 12.0. The van der Waals surface area contributed by atoms with Crippen LogP contribution in [0.15, 0.2) is 29.2 Å². The van der Waals surface area contributed by atoms with Crippen molar-refractivity contribution in [1.82, 2.24) is 4.90 Å². The van der Waals surface area contributed by atoms with E-state index < -0.39 is 0 Å². The van der Waals surface area contributed by atoms with Gasteiger partial charge in [-0.1, -0.05) is 17.7 Å². The standard InChI is InChI=1S/C15H23NOS/c1-6-16(15(3,4)5)14(17)11-18-13-9-7-12(2)8-10-13/h7-10H,6,11H2,1-5H3. The number of amides is 1. The van der Waals surface area contributed by atoms with E-state index in [1.165, 1.54) is 5.56 Å². The first-order chi connectivity index (χ1) is 8.34. The predicted octanol–water partition coefficient (Wildman–Crippen LogP) is 3.73. The third-order valence-electron chi connectivity index (χ3n) is 2.81. The van der Waals surface area contributed by atoms with E-state index in [-0.39, 0.29) is 11.4 Å². The molecule has 2 nitrogen and oxygen atoms in total. The van der Waals surface area contributed by atoms with Gasteiger partial charge in [0.05, 0.1) is 5.75 Å². The van der Waals surface area contributed by atoms with E-state index in [4.69, 9.17) is 0 Å². The van der Waals surface area contributed by atoms with Gasteiger partial charge in [0.2, 0.25) is 5.91 Å². The largest absolute Gasteiger partial charge is 0.337 e. The second-order valence-corrected chi connectivity index (χ2v) is 6.46. The van der Waals surface area contributed by atoms with Crippen LogP contribution in [0.2, 0.25) is 0 Å². The van der Waals surface area contributed by atoms with Crippen LogP contribution in [0, 0.1) is 6.92 Å². The van der Waals surface area contributed by atoms with Crippen LogP contribution in [0.4, 0.5) is 0 Å². The summed E-state index contributed by atoms with van der Waals surface area (Å²) in [6.45, 7) is 11.1. The molecule has 1 aromatic carbocycles. The lowest BCUT2D eigenvalue weighted by molar-refractivity contribution is -0.132. The quantitative estimate of drug-likeness (QED) is 0.773. The predicted molar refractivity (Wildman–Crippen MR) is 79.0 cm³/mol. The summed E-state index contributed by atoms with van der Waals surface area (Å²) < 4.78 is 0. The maximum atomic E-state index is 12.2. The molecular formula is C15H23NOS. The number of thioether (sulfide) groups is 1. The number of benzene rings is 1. The summed E-state index contributed by atoms with van der Waals surface area (Å²) in [6.07, 6.45) is 0. The average Bonchev–Trinajstić information content (AvgIpc) is 2.27. The van der Waals surface area contributed by atoms with Gasteiger partial charge in [-0.3, -0.25) is 4.79 Å². The fourth-order valence-electron chi connectivity index (χ4n) is 1.88. The molecule has 0 radical (unpaired) electrons. The highest BCUT2D eigenvalue weighted by molar-refractivity contribution is 8.00. The van der Waals surface area contributed by atoms with Gasteiger partial charge in [0.1, 0.15) is 0 Å². The SMILES string of the molecule is CCN(C(=O)CSc1ccc(C)cc1)C(C)(C)C. The second-order valence-electron chi connectivity index (χ2n) is 5.41. The Bertz CT molecular complexity index is 392. The molecule has 1 amide bonds. The smallest absolute Gasteiger partial charge is 0.233 e. The van der Waals surface area contributed by atoms with Crippen LogP contribution < -0.4 is 0 Å². The summed E-state index contributed by atoms with van der Waals surface area (Å²) in [5.74, 6) is 0.712. The second kappa shape index (κ2) is 6.28. The van der Waals surface area contributed by atoms with Gasteiger partial charge in [-0.2, -0.15) is 0 Å². The van der Waals surface area contributed by atoms with Crippen molar-refractivity contribution >= 4 is 17.7 Å². The minimum atomic E-state index is -0.0976. The Hall–Kier alpha value is -0.960. The molecule has 0 spiro atoms. The van der Waals surface area contributed by atoms with Crippen LogP contribution in [-0.2, 0) is 4.79 Å². The molecule has 3 heteroatoms. The van der Waals surface area contributed by atoms with Gasteiger partial charge >= 0.3 is 0 Å². The first kappa shape index (κ1) is 15.1. The molecule has 1 rings (SSSR count). The van der Waals surface area contributed by atoms with Gasteiger partial charge < -0.3 is 4.90 Å². The Morgan fingerprint density at radius 3 is 2.22 bits per heavy atom. The topological polar surface area (TPSA) is 20.3 Å². The third-order valence-corrected chi connectivity index (χ3v) is 3.81. The summed E-state index contributed by atoms with van der Waals surface area (Å²) in [6, 6.07) is 8.30. The van der Waals surface area contributed by atoms with Crippen molar-refractivity contribution in [3.8, 4) is 0 Å². The van der Waals surface area contributed by atoms with E-state index in [1.807, 2.05) is 11.8 Å². The minimum absolute atomic E-state index is 0.0976. The fourth-order valence-corrected chi connectivity index (χ4v) is 2.66. The Kier molecular flexibility index (Phi) is 5.27. The molecule has 18 heavy (non-hydrogen) atoms. The molecule has 0 N–H and O–H groups in total. The van der Waals surface area contributed by atoms with Gasteiger partial charge in [0, 0.05) is 17.0 Å². The zero-order valence-corrected chi connectivity index (χ0v) is 12.8.